The molecule has 2 heterocycles. The summed E-state index contributed by atoms with van der Waals surface area (Å²) in [6.45, 7) is 4.76. The van der Waals surface area contributed by atoms with Gasteiger partial charge in [0.25, 0.3) is 0 Å². The Balaban J connectivity index is 1.94. The summed E-state index contributed by atoms with van der Waals surface area (Å²) in [7, 11) is 0. The molecule has 5 heteroatoms. The lowest BCUT2D eigenvalue weighted by Crippen LogP contribution is -2.52. The molecule has 5 nitrogen and oxygen atoms in total. The highest BCUT2D eigenvalue weighted by atomic mass is 16.4. The number of hydrogen-bond acceptors (Lipinski definition) is 3. The van der Waals surface area contributed by atoms with E-state index in [4.69, 9.17) is 5.11 Å². The molecular weight excluding hydrogens is 218 g/mol. The maximum atomic E-state index is 10.9. The SMILES string of the molecule is CC1CN(C(=O)O)CCN1Cc1ccccn1. The Morgan fingerprint density at radius 2 is 2.35 bits per heavy atom. The molecule has 2 rings (SSSR count). The van der Waals surface area contributed by atoms with Gasteiger partial charge in [-0.3, -0.25) is 9.88 Å². The van der Waals surface area contributed by atoms with Crippen LogP contribution in [0.25, 0.3) is 0 Å². The summed E-state index contributed by atoms with van der Waals surface area (Å²) in [5.41, 5.74) is 1.03. The lowest BCUT2D eigenvalue weighted by molar-refractivity contribution is 0.0705. The number of carboxylic acid groups (broad SMARTS) is 1. The van der Waals surface area contributed by atoms with Gasteiger partial charge in [-0.15, -0.1) is 0 Å². The largest absolute Gasteiger partial charge is 0.465 e. The van der Waals surface area contributed by atoms with Gasteiger partial charge in [0, 0.05) is 38.4 Å². The van der Waals surface area contributed by atoms with Crippen molar-refractivity contribution in [3.05, 3.63) is 30.1 Å². The molecule has 0 spiro atoms. The first-order valence-electron chi connectivity index (χ1n) is 5.78. The minimum absolute atomic E-state index is 0.238. The Labute approximate surface area is 101 Å². The van der Waals surface area contributed by atoms with Crippen molar-refractivity contribution in [1.82, 2.24) is 14.8 Å². The van der Waals surface area contributed by atoms with Gasteiger partial charge in [-0.05, 0) is 19.1 Å². The van der Waals surface area contributed by atoms with Crippen LogP contribution in [0.5, 0.6) is 0 Å². The Morgan fingerprint density at radius 3 is 2.94 bits per heavy atom. The van der Waals surface area contributed by atoms with Crippen molar-refractivity contribution in [2.75, 3.05) is 19.6 Å². The van der Waals surface area contributed by atoms with Gasteiger partial charge in [0.1, 0.15) is 0 Å². The first-order valence-corrected chi connectivity index (χ1v) is 5.78. The van der Waals surface area contributed by atoms with Crippen LogP contribution in [-0.4, -0.2) is 51.7 Å². The molecule has 1 saturated heterocycles. The van der Waals surface area contributed by atoms with E-state index >= 15 is 0 Å². The van der Waals surface area contributed by atoms with E-state index in [-0.39, 0.29) is 6.04 Å². The first kappa shape index (κ1) is 11.9. The minimum Gasteiger partial charge on any atom is -0.465 e. The second kappa shape index (κ2) is 5.14. The third-order valence-electron chi connectivity index (χ3n) is 3.13. The molecule has 0 aromatic carbocycles. The van der Waals surface area contributed by atoms with Gasteiger partial charge in [-0.25, -0.2) is 4.79 Å². The molecule has 0 bridgehead atoms. The Bertz CT molecular complexity index is 383. The lowest BCUT2D eigenvalue weighted by Gasteiger charge is -2.38. The Kier molecular flexibility index (Phi) is 3.58. The molecule has 1 aliphatic heterocycles. The van der Waals surface area contributed by atoms with Crippen LogP contribution in [0.3, 0.4) is 0 Å². The number of hydrogen-bond donors (Lipinski definition) is 1. The van der Waals surface area contributed by atoms with Gasteiger partial charge < -0.3 is 10.0 Å². The summed E-state index contributed by atoms with van der Waals surface area (Å²) in [4.78, 5) is 18.9. The zero-order valence-electron chi connectivity index (χ0n) is 9.91. The molecule has 1 amide bonds. The van der Waals surface area contributed by atoms with Gasteiger partial charge in [-0.2, -0.15) is 0 Å². The molecule has 1 fully saturated rings. The number of aromatic nitrogens is 1. The molecule has 1 aliphatic rings. The highest BCUT2D eigenvalue weighted by Gasteiger charge is 2.26. The molecule has 0 radical (unpaired) electrons. The van der Waals surface area contributed by atoms with Crippen molar-refractivity contribution in [3.8, 4) is 0 Å². The van der Waals surface area contributed by atoms with Gasteiger partial charge in [0.2, 0.25) is 0 Å². The van der Waals surface area contributed by atoms with Crippen LogP contribution in [-0.2, 0) is 6.54 Å². The molecule has 0 aliphatic carbocycles. The highest BCUT2D eigenvalue weighted by Crippen LogP contribution is 2.12. The predicted molar refractivity (Wildman–Crippen MR) is 63.7 cm³/mol. The average molecular weight is 235 g/mol. The van der Waals surface area contributed by atoms with Crippen LogP contribution in [0.4, 0.5) is 4.79 Å². The fourth-order valence-corrected chi connectivity index (χ4v) is 2.10. The van der Waals surface area contributed by atoms with E-state index in [9.17, 15) is 4.79 Å². The summed E-state index contributed by atoms with van der Waals surface area (Å²) < 4.78 is 0. The summed E-state index contributed by atoms with van der Waals surface area (Å²) >= 11 is 0. The lowest BCUT2D eigenvalue weighted by atomic mass is 10.2. The van der Waals surface area contributed by atoms with Crippen LogP contribution in [0.1, 0.15) is 12.6 Å². The molecule has 0 saturated carbocycles. The fraction of sp³-hybridized carbons (Fsp3) is 0.500. The summed E-state index contributed by atoms with van der Waals surface area (Å²) in [6, 6.07) is 6.10. The van der Waals surface area contributed by atoms with E-state index < -0.39 is 6.09 Å². The molecule has 1 unspecified atom stereocenters. The summed E-state index contributed by atoms with van der Waals surface area (Å²) in [5, 5.41) is 8.93. The number of piperazine rings is 1. The fourth-order valence-electron chi connectivity index (χ4n) is 2.10. The number of pyridine rings is 1. The first-order chi connectivity index (χ1) is 8.16. The quantitative estimate of drug-likeness (QED) is 0.838. The second-order valence-electron chi connectivity index (χ2n) is 4.37. The number of amides is 1. The zero-order valence-corrected chi connectivity index (χ0v) is 9.91. The van der Waals surface area contributed by atoms with Crippen LogP contribution in [0.15, 0.2) is 24.4 Å². The molecule has 17 heavy (non-hydrogen) atoms. The predicted octanol–water partition coefficient (Wildman–Crippen LogP) is 1.27. The van der Waals surface area contributed by atoms with E-state index in [1.807, 2.05) is 18.2 Å². The zero-order chi connectivity index (χ0) is 12.3. The normalized spacial score (nSPS) is 21.5. The third-order valence-corrected chi connectivity index (χ3v) is 3.13. The molecular formula is C12H17N3O2. The van der Waals surface area contributed by atoms with E-state index in [2.05, 4.69) is 16.8 Å². The van der Waals surface area contributed by atoms with Crippen molar-refractivity contribution >= 4 is 6.09 Å². The second-order valence-corrected chi connectivity index (χ2v) is 4.37. The summed E-state index contributed by atoms with van der Waals surface area (Å²) in [6.07, 6.45) is 0.961. The topological polar surface area (TPSA) is 56.7 Å². The van der Waals surface area contributed by atoms with E-state index in [1.165, 1.54) is 4.90 Å². The highest BCUT2D eigenvalue weighted by molar-refractivity contribution is 5.65. The number of carbonyl (C=O) groups is 1. The van der Waals surface area contributed by atoms with Crippen molar-refractivity contribution in [2.24, 2.45) is 0 Å². The molecule has 1 aromatic rings. The van der Waals surface area contributed by atoms with E-state index in [0.29, 0.717) is 13.1 Å². The smallest absolute Gasteiger partial charge is 0.407 e. The Morgan fingerprint density at radius 1 is 1.53 bits per heavy atom. The van der Waals surface area contributed by atoms with Gasteiger partial charge in [0.15, 0.2) is 0 Å². The number of rotatable bonds is 2. The third kappa shape index (κ3) is 2.94. The maximum absolute atomic E-state index is 10.9. The average Bonchev–Trinajstić information content (AvgIpc) is 2.33. The molecule has 1 atom stereocenters. The van der Waals surface area contributed by atoms with Gasteiger partial charge in [-0.1, -0.05) is 6.07 Å². The van der Waals surface area contributed by atoms with Crippen molar-refractivity contribution in [2.45, 2.75) is 19.5 Å². The van der Waals surface area contributed by atoms with E-state index in [1.54, 1.807) is 6.20 Å². The maximum Gasteiger partial charge on any atom is 0.407 e. The minimum atomic E-state index is -0.825. The van der Waals surface area contributed by atoms with Crippen molar-refractivity contribution in [1.29, 1.82) is 0 Å². The van der Waals surface area contributed by atoms with Crippen molar-refractivity contribution in [3.63, 3.8) is 0 Å². The molecule has 1 aromatic heterocycles. The Hall–Kier alpha value is -1.62. The van der Waals surface area contributed by atoms with Crippen LogP contribution >= 0.6 is 0 Å². The number of nitrogens with zero attached hydrogens (tertiary/aromatic N) is 3. The molecule has 1 N–H and O–H groups in total. The molecule has 92 valence electrons. The standard InChI is InChI=1S/C12H17N3O2/c1-10-8-15(12(16)17)7-6-14(10)9-11-4-2-3-5-13-11/h2-5,10H,6-9H2,1H3,(H,16,17). The van der Waals surface area contributed by atoms with Crippen LogP contribution < -0.4 is 0 Å². The monoisotopic (exact) mass is 235 g/mol. The van der Waals surface area contributed by atoms with Crippen molar-refractivity contribution < 1.29 is 9.90 Å². The van der Waals surface area contributed by atoms with Gasteiger partial charge >= 0.3 is 6.09 Å². The van der Waals surface area contributed by atoms with Crippen LogP contribution in [0.2, 0.25) is 0 Å². The van der Waals surface area contributed by atoms with Gasteiger partial charge in [0.05, 0.1) is 5.69 Å². The summed E-state index contributed by atoms with van der Waals surface area (Å²) in [5.74, 6) is 0. The van der Waals surface area contributed by atoms with Crippen LogP contribution in [0, 0.1) is 0 Å². The van der Waals surface area contributed by atoms with E-state index in [0.717, 1.165) is 18.8 Å².